The fourth-order valence-corrected chi connectivity index (χ4v) is 0.938. The third-order valence-electron chi connectivity index (χ3n) is 1.58. The molecule has 0 heterocycles. The molecular formula is C7H6F3N3O3. The first-order valence-electron chi connectivity index (χ1n) is 3.85. The van der Waals surface area contributed by atoms with Crippen molar-refractivity contribution >= 4 is 5.69 Å². The van der Waals surface area contributed by atoms with Gasteiger partial charge in [0.2, 0.25) is 0 Å². The first-order chi connectivity index (χ1) is 7.30. The second-order valence-electron chi connectivity index (χ2n) is 2.68. The summed E-state index contributed by atoms with van der Waals surface area (Å²) in [5, 5.41) is 8.80. The molecule has 0 aliphatic rings. The average molecular weight is 237 g/mol. The second-order valence-corrected chi connectivity index (χ2v) is 2.68. The van der Waals surface area contributed by atoms with Crippen LogP contribution in [-0.2, 0) is 11.1 Å². The van der Waals surface area contributed by atoms with Crippen LogP contribution in [-0.4, -0.2) is 5.09 Å². The molecule has 16 heavy (non-hydrogen) atoms. The number of halogens is 3. The number of anilines is 1. The van der Waals surface area contributed by atoms with Crippen LogP contribution in [0.3, 0.4) is 0 Å². The molecule has 0 spiro atoms. The summed E-state index contributed by atoms with van der Waals surface area (Å²) < 4.78 is 36.8. The van der Waals surface area contributed by atoms with Gasteiger partial charge >= 0.3 is 11.3 Å². The molecule has 1 aromatic carbocycles. The summed E-state index contributed by atoms with van der Waals surface area (Å²) in [4.78, 5) is 13.7. The first-order valence-corrected chi connectivity index (χ1v) is 3.85. The lowest BCUT2D eigenvalue weighted by molar-refractivity contribution is -0.762. The topological polar surface area (TPSA) is 81.6 Å². The Morgan fingerprint density at radius 3 is 2.56 bits per heavy atom. The fourth-order valence-electron chi connectivity index (χ4n) is 0.938. The lowest BCUT2D eigenvalue weighted by atomic mass is 10.2. The molecule has 0 aliphatic carbocycles. The number of alkyl halides is 3. The van der Waals surface area contributed by atoms with Crippen molar-refractivity contribution in [2.45, 2.75) is 6.18 Å². The monoisotopic (exact) mass is 237 g/mol. The van der Waals surface area contributed by atoms with E-state index in [1.54, 1.807) is 0 Å². The lowest BCUT2D eigenvalue weighted by Gasteiger charge is -2.15. The van der Waals surface area contributed by atoms with E-state index in [1.807, 2.05) is 0 Å². The van der Waals surface area contributed by atoms with Crippen molar-refractivity contribution in [3.63, 3.8) is 0 Å². The van der Waals surface area contributed by atoms with Gasteiger partial charge in [-0.15, -0.1) is 15.3 Å². The van der Waals surface area contributed by atoms with Gasteiger partial charge in [0, 0.05) is 0 Å². The molecule has 0 fully saturated rings. The van der Waals surface area contributed by atoms with Crippen LogP contribution < -0.4 is 11.0 Å². The molecule has 0 saturated heterocycles. The number of hydrazine groups is 1. The highest BCUT2D eigenvalue weighted by molar-refractivity contribution is 5.45. The predicted molar refractivity (Wildman–Crippen MR) is 46.2 cm³/mol. The standard InChI is InChI=1S/C7H6F3N3O3/c8-7(9,10)5-2-1-3-6(4-5)12(11)16-13(14)15/h1-4H,11H2. The Morgan fingerprint density at radius 1 is 1.44 bits per heavy atom. The number of hydrogen-bond donors (Lipinski definition) is 1. The quantitative estimate of drug-likeness (QED) is 0.489. The maximum Gasteiger partial charge on any atom is 0.416 e. The van der Waals surface area contributed by atoms with Gasteiger partial charge in [0.05, 0.1) is 11.3 Å². The van der Waals surface area contributed by atoms with Crippen molar-refractivity contribution in [1.29, 1.82) is 0 Å². The molecule has 0 aromatic heterocycles. The Bertz CT molecular complexity index is 396. The van der Waals surface area contributed by atoms with Gasteiger partial charge in [0.15, 0.2) is 0 Å². The summed E-state index contributed by atoms with van der Waals surface area (Å²) in [6.45, 7) is 0. The smallest absolute Gasteiger partial charge is 0.223 e. The van der Waals surface area contributed by atoms with Gasteiger partial charge in [0.1, 0.15) is 0 Å². The zero-order valence-electron chi connectivity index (χ0n) is 7.64. The third kappa shape index (κ3) is 2.98. The number of benzene rings is 1. The summed E-state index contributed by atoms with van der Waals surface area (Å²) in [6.07, 6.45) is -4.55. The number of rotatable bonds is 3. The third-order valence-corrected chi connectivity index (χ3v) is 1.58. The highest BCUT2D eigenvalue weighted by atomic mass is 19.4. The van der Waals surface area contributed by atoms with Crippen molar-refractivity contribution in [2.75, 3.05) is 5.17 Å². The Labute approximate surface area is 87.0 Å². The van der Waals surface area contributed by atoms with E-state index in [1.165, 1.54) is 0 Å². The molecule has 1 rings (SSSR count). The number of hydrogen-bond acceptors (Lipinski definition) is 5. The van der Waals surface area contributed by atoms with E-state index >= 15 is 0 Å². The van der Waals surface area contributed by atoms with Crippen LogP contribution in [0.15, 0.2) is 24.3 Å². The van der Waals surface area contributed by atoms with E-state index in [9.17, 15) is 23.3 Å². The van der Waals surface area contributed by atoms with Gasteiger partial charge in [-0.1, -0.05) is 6.07 Å². The molecule has 0 amide bonds. The minimum atomic E-state index is -4.55. The highest BCUT2D eigenvalue weighted by Gasteiger charge is 2.30. The molecule has 0 bridgehead atoms. The fraction of sp³-hybridized carbons (Fsp3) is 0.143. The van der Waals surface area contributed by atoms with Gasteiger partial charge in [-0.05, 0) is 18.2 Å². The molecule has 9 heteroatoms. The zero-order valence-corrected chi connectivity index (χ0v) is 7.64. The van der Waals surface area contributed by atoms with E-state index in [4.69, 9.17) is 5.84 Å². The van der Waals surface area contributed by atoms with E-state index in [2.05, 4.69) is 4.94 Å². The Balaban J connectivity index is 2.94. The molecular weight excluding hydrogens is 231 g/mol. The number of nitrogens with two attached hydrogens (primary N) is 1. The molecule has 0 saturated carbocycles. The molecule has 6 nitrogen and oxygen atoms in total. The van der Waals surface area contributed by atoms with Crippen molar-refractivity contribution in [1.82, 2.24) is 0 Å². The Morgan fingerprint density at radius 2 is 2.06 bits per heavy atom. The van der Waals surface area contributed by atoms with E-state index < -0.39 is 16.8 Å². The van der Waals surface area contributed by atoms with E-state index in [0.29, 0.717) is 6.07 Å². The van der Waals surface area contributed by atoms with Crippen LogP contribution in [0.4, 0.5) is 18.9 Å². The minimum Gasteiger partial charge on any atom is -0.223 e. The molecule has 2 N–H and O–H groups in total. The van der Waals surface area contributed by atoms with Gasteiger partial charge in [0.25, 0.3) is 0 Å². The normalized spacial score (nSPS) is 11.0. The van der Waals surface area contributed by atoms with Gasteiger partial charge < -0.3 is 0 Å². The molecule has 88 valence electrons. The van der Waals surface area contributed by atoms with Crippen molar-refractivity contribution < 1.29 is 23.2 Å². The summed E-state index contributed by atoms with van der Waals surface area (Å²) in [5.74, 6) is 5.01. The minimum absolute atomic E-state index is 0.134. The van der Waals surface area contributed by atoms with Gasteiger partial charge in [-0.25, -0.2) is 5.84 Å². The van der Waals surface area contributed by atoms with Crippen LogP contribution >= 0.6 is 0 Å². The Kier molecular flexibility index (Phi) is 3.18. The van der Waals surface area contributed by atoms with Gasteiger partial charge in [-0.2, -0.15) is 18.1 Å². The second kappa shape index (κ2) is 4.23. The summed E-state index contributed by atoms with van der Waals surface area (Å²) in [5.41, 5.74) is -1.26. The average Bonchev–Trinajstić information content (AvgIpc) is 2.15. The Hall–Kier alpha value is -2.03. The maximum atomic E-state index is 12.3. The highest BCUT2D eigenvalue weighted by Crippen LogP contribution is 2.31. The van der Waals surface area contributed by atoms with Crippen LogP contribution in [0.25, 0.3) is 0 Å². The molecule has 0 aliphatic heterocycles. The van der Waals surface area contributed by atoms with Crippen LogP contribution in [0, 0.1) is 10.1 Å². The SMILES string of the molecule is NN(O[N+](=O)[O-])c1cccc(C(F)(F)F)c1. The van der Waals surface area contributed by atoms with Crippen molar-refractivity contribution in [3.05, 3.63) is 39.9 Å². The molecule has 0 atom stereocenters. The molecule has 1 aromatic rings. The van der Waals surface area contributed by atoms with Gasteiger partial charge in [-0.3, -0.25) is 0 Å². The summed E-state index contributed by atoms with van der Waals surface area (Å²) in [6, 6.07) is 3.63. The van der Waals surface area contributed by atoms with Crippen molar-refractivity contribution in [3.8, 4) is 0 Å². The summed E-state index contributed by atoms with van der Waals surface area (Å²) >= 11 is 0. The lowest BCUT2D eigenvalue weighted by Crippen LogP contribution is -2.33. The van der Waals surface area contributed by atoms with Crippen LogP contribution in [0.2, 0.25) is 0 Å². The largest absolute Gasteiger partial charge is 0.416 e. The maximum absolute atomic E-state index is 12.3. The molecule has 0 radical (unpaired) electrons. The first kappa shape index (κ1) is 12.0. The van der Waals surface area contributed by atoms with Crippen LogP contribution in [0.1, 0.15) is 5.56 Å². The zero-order chi connectivity index (χ0) is 12.3. The van der Waals surface area contributed by atoms with E-state index in [0.717, 1.165) is 18.2 Å². The van der Waals surface area contributed by atoms with E-state index in [-0.39, 0.29) is 10.9 Å². The predicted octanol–water partition coefficient (Wildman–Crippen LogP) is 1.51. The number of nitrogens with zero attached hydrogens (tertiary/aromatic N) is 2. The molecule has 0 unspecified atom stereocenters. The summed E-state index contributed by atoms with van der Waals surface area (Å²) in [7, 11) is 0. The van der Waals surface area contributed by atoms with Crippen LogP contribution in [0.5, 0.6) is 0 Å². The van der Waals surface area contributed by atoms with Crippen molar-refractivity contribution in [2.24, 2.45) is 5.84 Å².